The monoisotopic (exact) mass is 564 g/mol. The fourth-order valence-corrected chi connectivity index (χ4v) is 5.42. The number of likely N-dealkylation sites (N-methyl/N-ethyl adjacent to an activating group) is 1. The van der Waals surface area contributed by atoms with Gasteiger partial charge in [0.2, 0.25) is 5.91 Å². The Morgan fingerprint density at radius 3 is 2.29 bits per heavy atom. The van der Waals surface area contributed by atoms with E-state index in [9.17, 15) is 9.90 Å². The summed E-state index contributed by atoms with van der Waals surface area (Å²) in [6.07, 6.45) is 0.0615. The minimum Gasteiger partial charge on any atom is -0.392 e. The average Bonchev–Trinajstić information content (AvgIpc) is 3.04. The minimum absolute atomic E-state index is 0.0187. The molecule has 0 radical (unpaired) electrons. The molecule has 4 atom stereocenters. The number of hydrogen-bond donors (Lipinski definition) is 2. The number of amides is 1. The van der Waals surface area contributed by atoms with Crippen molar-refractivity contribution in [1.29, 1.82) is 0 Å². The lowest BCUT2D eigenvalue weighted by molar-refractivity contribution is -0.253. The molecule has 0 saturated carbocycles. The van der Waals surface area contributed by atoms with Crippen LogP contribution >= 0.6 is 0 Å². The van der Waals surface area contributed by atoms with Crippen molar-refractivity contribution in [2.45, 2.75) is 58.0 Å². The third-order valence-corrected chi connectivity index (χ3v) is 8.03. The standard InChI is InChI=1S/C36H40N2O4/c1-25(29-9-5-4-6-10-29)38(3)23-34-21-35(31-14-12-27(24-39)13-15-31)42-36(41-34)32-18-16-30(17-19-32)33-11-7-8-28(20-33)22-37-26(2)40/h4-20,25,34-36,39H,21-24H2,1-3H3,(H,37,40)/t25-,34-,35+,36+/m0/s1. The highest BCUT2D eigenvalue weighted by molar-refractivity contribution is 5.73. The summed E-state index contributed by atoms with van der Waals surface area (Å²) >= 11 is 0. The van der Waals surface area contributed by atoms with Crippen molar-refractivity contribution in [3.8, 4) is 11.1 Å². The second-order valence-corrected chi connectivity index (χ2v) is 11.1. The number of rotatable bonds is 10. The molecule has 5 rings (SSSR count). The van der Waals surface area contributed by atoms with Gasteiger partial charge < -0.3 is 19.9 Å². The molecule has 4 aromatic carbocycles. The van der Waals surface area contributed by atoms with E-state index in [0.29, 0.717) is 6.54 Å². The van der Waals surface area contributed by atoms with Gasteiger partial charge in [-0.25, -0.2) is 0 Å². The lowest BCUT2D eigenvalue weighted by Crippen LogP contribution is -2.38. The van der Waals surface area contributed by atoms with Crippen LogP contribution in [-0.4, -0.2) is 35.6 Å². The quantitative estimate of drug-likeness (QED) is 0.224. The second kappa shape index (κ2) is 13.9. The topological polar surface area (TPSA) is 71.0 Å². The normalized spacial score (nSPS) is 19.4. The Bertz CT molecular complexity index is 1440. The van der Waals surface area contributed by atoms with Gasteiger partial charge >= 0.3 is 0 Å². The second-order valence-electron chi connectivity index (χ2n) is 11.1. The molecule has 42 heavy (non-hydrogen) atoms. The number of ether oxygens (including phenoxy) is 2. The first kappa shape index (κ1) is 29.7. The number of nitrogens with zero attached hydrogens (tertiary/aromatic N) is 1. The van der Waals surface area contributed by atoms with E-state index in [1.54, 1.807) is 0 Å². The molecule has 1 saturated heterocycles. The molecular formula is C36H40N2O4. The minimum atomic E-state index is -0.508. The van der Waals surface area contributed by atoms with E-state index in [0.717, 1.165) is 46.3 Å². The van der Waals surface area contributed by atoms with Crippen molar-refractivity contribution in [2.24, 2.45) is 0 Å². The van der Waals surface area contributed by atoms with Gasteiger partial charge in [0, 0.05) is 38.0 Å². The molecule has 1 aliphatic heterocycles. The van der Waals surface area contributed by atoms with Gasteiger partial charge in [-0.2, -0.15) is 0 Å². The highest BCUT2D eigenvalue weighted by atomic mass is 16.7. The predicted octanol–water partition coefficient (Wildman–Crippen LogP) is 6.72. The Morgan fingerprint density at radius 1 is 0.881 bits per heavy atom. The Hall–Kier alpha value is -3.81. The van der Waals surface area contributed by atoms with Crippen molar-refractivity contribution in [2.75, 3.05) is 13.6 Å². The zero-order valence-corrected chi connectivity index (χ0v) is 24.6. The number of benzene rings is 4. The summed E-state index contributed by atoms with van der Waals surface area (Å²) in [4.78, 5) is 13.7. The van der Waals surface area contributed by atoms with E-state index in [1.807, 2.05) is 42.5 Å². The molecule has 0 spiro atoms. The zero-order valence-electron chi connectivity index (χ0n) is 24.6. The van der Waals surface area contributed by atoms with Crippen molar-refractivity contribution < 1.29 is 19.4 Å². The van der Waals surface area contributed by atoms with Crippen LogP contribution < -0.4 is 5.32 Å². The lowest BCUT2D eigenvalue weighted by Gasteiger charge is -2.39. The summed E-state index contributed by atoms with van der Waals surface area (Å²) in [7, 11) is 2.14. The van der Waals surface area contributed by atoms with Crippen molar-refractivity contribution in [3.63, 3.8) is 0 Å². The highest BCUT2D eigenvalue weighted by Gasteiger charge is 2.33. The number of aliphatic hydroxyl groups is 1. The van der Waals surface area contributed by atoms with Crippen LogP contribution in [0.5, 0.6) is 0 Å². The van der Waals surface area contributed by atoms with Crippen LogP contribution in [0.2, 0.25) is 0 Å². The van der Waals surface area contributed by atoms with Crippen molar-refractivity contribution in [3.05, 3.63) is 131 Å². The van der Waals surface area contributed by atoms with Crippen molar-refractivity contribution in [1.82, 2.24) is 10.2 Å². The van der Waals surface area contributed by atoms with E-state index in [4.69, 9.17) is 9.47 Å². The summed E-state index contributed by atoms with van der Waals surface area (Å²) in [5.41, 5.74) is 7.43. The largest absolute Gasteiger partial charge is 0.392 e. The van der Waals surface area contributed by atoms with E-state index in [1.165, 1.54) is 12.5 Å². The zero-order chi connectivity index (χ0) is 29.5. The molecule has 1 fully saturated rings. The lowest BCUT2D eigenvalue weighted by atomic mass is 9.98. The smallest absolute Gasteiger partial charge is 0.217 e. The fourth-order valence-electron chi connectivity index (χ4n) is 5.42. The van der Waals surface area contributed by atoms with Crippen LogP contribution in [0.1, 0.15) is 66.5 Å². The van der Waals surface area contributed by atoms with Crippen LogP contribution in [0.25, 0.3) is 11.1 Å². The Labute approximate surface area is 248 Å². The molecule has 1 amide bonds. The van der Waals surface area contributed by atoms with Gasteiger partial charge in [0.25, 0.3) is 0 Å². The van der Waals surface area contributed by atoms with Crippen LogP contribution in [-0.2, 0) is 27.4 Å². The van der Waals surface area contributed by atoms with E-state index in [-0.39, 0.29) is 30.8 Å². The van der Waals surface area contributed by atoms with E-state index in [2.05, 4.69) is 84.9 Å². The summed E-state index contributed by atoms with van der Waals surface area (Å²) in [6.45, 7) is 5.04. The van der Waals surface area contributed by atoms with Gasteiger partial charge in [0.1, 0.15) is 0 Å². The Balaban J connectivity index is 1.35. The number of hydrogen-bond acceptors (Lipinski definition) is 5. The molecule has 1 heterocycles. The molecule has 0 bridgehead atoms. The van der Waals surface area contributed by atoms with E-state index >= 15 is 0 Å². The first-order valence-electron chi connectivity index (χ1n) is 14.6. The van der Waals surface area contributed by atoms with Gasteiger partial charge in [-0.1, -0.05) is 97.1 Å². The van der Waals surface area contributed by atoms with Gasteiger partial charge in [-0.05, 0) is 53.4 Å². The third-order valence-electron chi connectivity index (χ3n) is 8.03. The molecule has 4 aromatic rings. The first-order valence-corrected chi connectivity index (χ1v) is 14.6. The molecule has 6 nitrogen and oxygen atoms in total. The average molecular weight is 565 g/mol. The number of carbonyl (C=O) groups excluding carboxylic acids is 1. The van der Waals surface area contributed by atoms with Crippen molar-refractivity contribution >= 4 is 5.91 Å². The number of nitrogens with one attached hydrogen (secondary N) is 1. The Kier molecular flexibility index (Phi) is 9.82. The predicted molar refractivity (Wildman–Crippen MR) is 165 cm³/mol. The number of carbonyl (C=O) groups is 1. The molecule has 0 aliphatic carbocycles. The van der Waals surface area contributed by atoms with Gasteiger partial charge in [-0.3, -0.25) is 9.69 Å². The molecule has 2 N–H and O–H groups in total. The molecule has 1 aliphatic rings. The van der Waals surface area contributed by atoms with Gasteiger partial charge in [-0.15, -0.1) is 0 Å². The van der Waals surface area contributed by atoms with Crippen LogP contribution in [0, 0.1) is 0 Å². The molecule has 0 aromatic heterocycles. The van der Waals surface area contributed by atoms with E-state index < -0.39 is 6.29 Å². The molecule has 6 heteroatoms. The highest BCUT2D eigenvalue weighted by Crippen LogP contribution is 2.39. The summed E-state index contributed by atoms with van der Waals surface area (Å²) < 4.78 is 13.2. The van der Waals surface area contributed by atoms with Crippen LogP contribution in [0.3, 0.4) is 0 Å². The maximum Gasteiger partial charge on any atom is 0.217 e. The van der Waals surface area contributed by atoms with Gasteiger partial charge in [0.05, 0.1) is 18.8 Å². The maximum atomic E-state index is 11.3. The molecular weight excluding hydrogens is 524 g/mol. The van der Waals surface area contributed by atoms with Gasteiger partial charge in [0.15, 0.2) is 6.29 Å². The third kappa shape index (κ3) is 7.52. The van der Waals surface area contributed by atoms with Crippen LogP contribution in [0.15, 0.2) is 103 Å². The Morgan fingerprint density at radius 2 is 1.60 bits per heavy atom. The number of aliphatic hydroxyl groups excluding tert-OH is 1. The summed E-state index contributed by atoms with van der Waals surface area (Å²) in [5.74, 6) is -0.0427. The summed E-state index contributed by atoms with van der Waals surface area (Å²) in [6, 6.07) is 35.3. The molecule has 0 unspecified atom stereocenters. The summed E-state index contributed by atoms with van der Waals surface area (Å²) in [5, 5.41) is 12.4. The maximum absolute atomic E-state index is 11.3. The SMILES string of the molecule is CC(=O)NCc1cccc(-c2ccc([C@@H]3O[C@H](CN(C)[C@@H](C)c4ccccc4)C[C@H](c4ccc(CO)cc4)O3)cc2)c1. The first-order chi connectivity index (χ1) is 20.4. The fraction of sp³-hybridized carbons (Fsp3) is 0.306. The molecule has 218 valence electrons. The van der Waals surface area contributed by atoms with Crippen LogP contribution in [0.4, 0.5) is 0 Å².